The average molecular weight is 458 g/mol. The molecule has 0 amide bonds. The zero-order valence-electron chi connectivity index (χ0n) is 18.8. The number of nitrogens with zero attached hydrogens (tertiary/aromatic N) is 2. The van der Waals surface area contributed by atoms with Crippen molar-refractivity contribution in [1.82, 2.24) is 9.99 Å². The number of benzene rings is 2. The normalized spacial score (nSPS) is 14.9. The molecule has 0 saturated carbocycles. The second-order valence-electron chi connectivity index (χ2n) is 8.68. The maximum absolute atomic E-state index is 13.6. The lowest BCUT2D eigenvalue weighted by atomic mass is 9.79. The van der Waals surface area contributed by atoms with Crippen LogP contribution in [0.1, 0.15) is 49.1 Å². The van der Waals surface area contributed by atoms with Crippen LogP contribution in [0, 0.1) is 5.92 Å². The van der Waals surface area contributed by atoms with Crippen LogP contribution >= 0.6 is 0 Å². The molecule has 1 unspecified atom stereocenters. The summed E-state index contributed by atoms with van der Waals surface area (Å²) in [7, 11) is 0. The van der Waals surface area contributed by atoms with Gasteiger partial charge in [-0.25, -0.2) is 5.01 Å². The quantitative estimate of drug-likeness (QED) is 0.252. The third kappa shape index (κ3) is 5.79. The van der Waals surface area contributed by atoms with Crippen LogP contribution in [0.25, 0.3) is 0 Å². The van der Waals surface area contributed by atoms with Crippen molar-refractivity contribution in [2.45, 2.75) is 51.1 Å². The molecule has 3 aromatic rings. The van der Waals surface area contributed by atoms with Crippen LogP contribution in [-0.2, 0) is 18.1 Å². The molecule has 0 aliphatic rings. The highest BCUT2D eigenvalue weighted by atomic mass is 19.4. The van der Waals surface area contributed by atoms with Crippen molar-refractivity contribution in [3.63, 3.8) is 0 Å². The number of pyridine rings is 1. The summed E-state index contributed by atoms with van der Waals surface area (Å²) in [5.41, 5.74) is -0.490. The van der Waals surface area contributed by atoms with Crippen molar-refractivity contribution in [2.75, 3.05) is 0 Å². The van der Waals surface area contributed by atoms with Crippen LogP contribution in [-0.4, -0.2) is 21.3 Å². The molecule has 4 nitrogen and oxygen atoms in total. The minimum Gasteiger partial charge on any atom is -0.377 e. The molecule has 0 spiro atoms. The van der Waals surface area contributed by atoms with Gasteiger partial charge in [-0.05, 0) is 54.2 Å². The molecule has 0 aliphatic carbocycles. The topological polar surface area (TPSA) is 62.4 Å². The number of nitrogens with two attached hydrogens (primary N) is 1. The van der Waals surface area contributed by atoms with Crippen LogP contribution in [0.3, 0.4) is 0 Å². The lowest BCUT2D eigenvalue weighted by molar-refractivity contribution is -0.137. The Morgan fingerprint density at radius 1 is 0.909 bits per heavy atom. The number of hydrogen-bond donors (Lipinski definition) is 2. The Labute approximate surface area is 192 Å². The molecule has 1 aromatic heterocycles. The smallest absolute Gasteiger partial charge is 0.377 e. The molecule has 0 fully saturated rings. The number of aliphatic hydroxyl groups is 1. The predicted molar refractivity (Wildman–Crippen MR) is 123 cm³/mol. The first-order valence-electron chi connectivity index (χ1n) is 11.0. The van der Waals surface area contributed by atoms with Crippen molar-refractivity contribution in [3.05, 3.63) is 101 Å². The van der Waals surface area contributed by atoms with Gasteiger partial charge >= 0.3 is 6.18 Å². The number of aliphatic hydroxyl groups excluding tert-OH is 1. The van der Waals surface area contributed by atoms with Gasteiger partial charge in [-0.15, -0.1) is 0 Å². The molecule has 0 aliphatic heterocycles. The zero-order valence-corrected chi connectivity index (χ0v) is 18.8. The summed E-state index contributed by atoms with van der Waals surface area (Å²) in [5, 5.41) is 12.4. The number of alkyl halides is 3. The van der Waals surface area contributed by atoms with Gasteiger partial charge in [-0.3, -0.25) is 10.8 Å². The molecule has 2 aromatic carbocycles. The summed E-state index contributed by atoms with van der Waals surface area (Å²) in [5.74, 6) is 6.95. The Balaban J connectivity index is 2.24. The lowest BCUT2D eigenvalue weighted by Gasteiger charge is -2.44. The molecule has 3 N–H and O–H groups in total. The van der Waals surface area contributed by atoms with Crippen LogP contribution in [0.4, 0.5) is 13.2 Å². The van der Waals surface area contributed by atoms with Gasteiger partial charge < -0.3 is 5.11 Å². The van der Waals surface area contributed by atoms with Gasteiger partial charge in [0.15, 0.2) is 0 Å². The maximum Gasteiger partial charge on any atom is 0.416 e. The molecule has 0 saturated heterocycles. The highest BCUT2D eigenvalue weighted by molar-refractivity contribution is 5.40. The van der Waals surface area contributed by atoms with Crippen LogP contribution in [0.2, 0.25) is 0 Å². The van der Waals surface area contributed by atoms with E-state index in [1.807, 2.05) is 44.2 Å². The second-order valence-corrected chi connectivity index (χ2v) is 8.68. The van der Waals surface area contributed by atoms with E-state index >= 15 is 0 Å². The summed E-state index contributed by atoms with van der Waals surface area (Å²) in [6.07, 6.45) is -2.72. The van der Waals surface area contributed by atoms with E-state index in [0.29, 0.717) is 30.0 Å². The fourth-order valence-electron chi connectivity index (χ4n) is 4.04. The largest absolute Gasteiger partial charge is 0.416 e. The molecule has 1 heterocycles. The molecule has 176 valence electrons. The van der Waals surface area contributed by atoms with E-state index in [-0.39, 0.29) is 6.42 Å². The number of hydrazine groups is 1. The molecule has 2 atom stereocenters. The minimum absolute atomic E-state index is 0.224. The van der Waals surface area contributed by atoms with E-state index in [4.69, 9.17) is 5.84 Å². The molecule has 0 bridgehead atoms. The van der Waals surface area contributed by atoms with Gasteiger partial charge in [-0.1, -0.05) is 62.4 Å². The van der Waals surface area contributed by atoms with Gasteiger partial charge in [0.05, 0.1) is 11.3 Å². The van der Waals surface area contributed by atoms with Crippen molar-refractivity contribution in [1.29, 1.82) is 0 Å². The molecule has 3 rings (SSSR count). The standard InChI is InChI=1S/C26H30F3N3O/c1-19(2)14-15-24(33)32(30)25(23-13-6-7-16-31-23,18-20-9-4-3-5-10-20)21-11-8-12-22(17-21)26(27,28)29/h3-13,16-17,19,24,33H,14-15,18,30H2,1-2H3/t24-,25?/m0/s1. The van der Waals surface area contributed by atoms with E-state index in [0.717, 1.165) is 17.7 Å². The zero-order chi connectivity index (χ0) is 24.1. The lowest BCUT2D eigenvalue weighted by Crippen LogP contribution is -2.58. The Morgan fingerprint density at radius 2 is 1.58 bits per heavy atom. The molecule has 7 heteroatoms. The van der Waals surface area contributed by atoms with E-state index < -0.39 is 23.5 Å². The number of aromatic nitrogens is 1. The molecular weight excluding hydrogens is 427 g/mol. The first-order chi connectivity index (χ1) is 15.6. The summed E-state index contributed by atoms with van der Waals surface area (Å²) in [6, 6.07) is 19.7. The second kappa shape index (κ2) is 10.5. The first-order valence-corrected chi connectivity index (χ1v) is 11.0. The number of halogens is 3. The van der Waals surface area contributed by atoms with E-state index in [1.165, 1.54) is 11.1 Å². The maximum atomic E-state index is 13.6. The SMILES string of the molecule is CC(C)CC[C@H](O)N(N)C(Cc1ccccc1)(c1cccc(C(F)(F)F)c1)c1ccccn1. The van der Waals surface area contributed by atoms with E-state index in [1.54, 1.807) is 30.5 Å². The van der Waals surface area contributed by atoms with Crippen molar-refractivity contribution in [3.8, 4) is 0 Å². The Hall–Kier alpha value is -2.74. The molecule has 33 heavy (non-hydrogen) atoms. The third-order valence-corrected chi connectivity index (χ3v) is 5.82. The van der Waals surface area contributed by atoms with Gasteiger partial charge in [0, 0.05) is 12.6 Å². The highest BCUT2D eigenvalue weighted by Crippen LogP contribution is 2.40. The first kappa shape index (κ1) is 24.9. The van der Waals surface area contributed by atoms with E-state index in [2.05, 4.69) is 4.98 Å². The van der Waals surface area contributed by atoms with Crippen LogP contribution in [0.5, 0.6) is 0 Å². The van der Waals surface area contributed by atoms with Crippen LogP contribution < -0.4 is 5.84 Å². The fourth-order valence-corrected chi connectivity index (χ4v) is 4.04. The van der Waals surface area contributed by atoms with Crippen LogP contribution in [0.15, 0.2) is 79.0 Å². The highest BCUT2D eigenvalue weighted by Gasteiger charge is 2.44. The number of hydrogen-bond acceptors (Lipinski definition) is 4. The van der Waals surface area contributed by atoms with Gasteiger partial charge in [0.1, 0.15) is 11.8 Å². The molecule has 0 radical (unpaired) electrons. The summed E-state index contributed by atoms with van der Waals surface area (Å²) in [4.78, 5) is 4.50. The van der Waals surface area contributed by atoms with Gasteiger partial charge in [0.2, 0.25) is 0 Å². The van der Waals surface area contributed by atoms with Gasteiger partial charge in [-0.2, -0.15) is 13.2 Å². The molecular formula is C26H30F3N3O. The monoisotopic (exact) mass is 457 g/mol. The third-order valence-electron chi connectivity index (χ3n) is 5.82. The predicted octanol–water partition coefficient (Wildman–Crippen LogP) is 5.52. The van der Waals surface area contributed by atoms with Crippen molar-refractivity contribution < 1.29 is 18.3 Å². The summed E-state index contributed by atoms with van der Waals surface area (Å²) < 4.78 is 40.9. The van der Waals surface area contributed by atoms with Gasteiger partial charge in [0.25, 0.3) is 0 Å². The van der Waals surface area contributed by atoms with Crippen molar-refractivity contribution >= 4 is 0 Å². The van der Waals surface area contributed by atoms with E-state index in [9.17, 15) is 18.3 Å². The van der Waals surface area contributed by atoms with Crippen molar-refractivity contribution in [2.24, 2.45) is 11.8 Å². The summed E-state index contributed by atoms with van der Waals surface area (Å²) >= 11 is 0. The average Bonchev–Trinajstić information content (AvgIpc) is 2.81. The Bertz CT molecular complexity index is 1010. The fraction of sp³-hybridized carbons (Fsp3) is 0.346. The Kier molecular flexibility index (Phi) is 7.89. The Morgan fingerprint density at radius 3 is 2.18 bits per heavy atom. The number of rotatable bonds is 9. The summed E-state index contributed by atoms with van der Waals surface area (Å²) in [6.45, 7) is 4.08. The minimum atomic E-state index is -4.52.